The van der Waals surface area contributed by atoms with Gasteiger partial charge in [0.2, 0.25) is 0 Å². The van der Waals surface area contributed by atoms with E-state index in [2.05, 4.69) is 55.3 Å². The molecule has 3 rings (SSSR count). The molecule has 4 nitrogen and oxygen atoms in total. The fourth-order valence-corrected chi connectivity index (χ4v) is 2.45. The monoisotopic (exact) mass is 280 g/mol. The molecule has 1 aromatic carbocycles. The molecule has 0 radical (unpaired) electrons. The van der Waals surface area contributed by atoms with Crippen LogP contribution in [0, 0.1) is 13.8 Å². The molecule has 108 valence electrons. The molecule has 0 unspecified atom stereocenters. The van der Waals surface area contributed by atoms with Crippen LogP contribution in [0.4, 0.5) is 0 Å². The van der Waals surface area contributed by atoms with Crippen LogP contribution >= 0.6 is 0 Å². The Labute approximate surface area is 125 Å². The van der Waals surface area contributed by atoms with Crippen LogP contribution in [0.5, 0.6) is 0 Å². The first kappa shape index (κ1) is 13.8. The van der Waals surface area contributed by atoms with Gasteiger partial charge in [-0.05, 0) is 40.1 Å². The minimum atomic E-state index is 0.806. The molecule has 0 aliphatic heterocycles. The van der Waals surface area contributed by atoms with Gasteiger partial charge in [-0.3, -0.25) is 0 Å². The van der Waals surface area contributed by atoms with E-state index in [0.29, 0.717) is 0 Å². The van der Waals surface area contributed by atoms with Crippen molar-refractivity contribution < 1.29 is 0 Å². The van der Waals surface area contributed by atoms with Gasteiger partial charge in [0.1, 0.15) is 0 Å². The van der Waals surface area contributed by atoms with Gasteiger partial charge in [0.05, 0.1) is 17.1 Å². The van der Waals surface area contributed by atoms with Crippen LogP contribution in [0.25, 0.3) is 16.9 Å². The first-order valence-corrected chi connectivity index (χ1v) is 7.11. The number of imidazole rings is 1. The molecule has 0 aliphatic rings. The average molecular weight is 280 g/mol. The lowest BCUT2D eigenvalue weighted by molar-refractivity contribution is 0.393. The van der Waals surface area contributed by atoms with E-state index in [1.807, 2.05) is 23.6 Å². The first-order valence-electron chi connectivity index (χ1n) is 7.11. The van der Waals surface area contributed by atoms with Crippen molar-refractivity contribution in [2.24, 2.45) is 0 Å². The molecule has 0 spiro atoms. The number of aryl methyl sites for hydroxylation is 2. The second-order valence-corrected chi connectivity index (χ2v) is 5.76. The zero-order valence-electron chi connectivity index (χ0n) is 13.0. The smallest absolute Gasteiger partial charge is 0.154 e. The quantitative estimate of drug-likeness (QED) is 0.739. The molecule has 2 aromatic heterocycles. The normalized spacial score (nSPS) is 11.5. The third-order valence-corrected chi connectivity index (χ3v) is 3.49. The number of benzene rings is 1. The summed E-state index contributed by atoms with van der Waals surface area (Å²) in [6.45, 7) is 4.91. The van der Waals surface area contributed by atoms with E-state index in [-0.39, 0.29) is 0 Å². The number of hydrogen-bond donors (Lipinski definition) is 0. The molecule has 3 aromatic rings. The molecule has 0 saturated heterocycles. The molecule has 0 N–H and O–H groups in total. The number of hydrogen-bond acceptors (Lipinski definition) is 3. The summed E-state index contributed by atoms with van der Waals surface area (Å²) in [5, 5.41) is 4.62. The third-order valence-electron chi connectivity index (χ3n) is 3.49. The largest absolute Gasteiger partial charge is 0.303 e. The Morgan fingerprint density at radius 3 is 2.38 bits per heavy atom. The zero-order chi connectivity index (χ0) is 15.0. The highest BCUT2D eigenvalue weighted by molar-refractivity contribution is 5.66. The van der Waals surface area contributed by atoms with E-state index in [0.717, 1.165) is 34.8 Å². The van der Waals surface area contributed by atoms with Gasteiger partial charge in [-0.1, -0.05) is 29.8 Å². The van der Waals surface area contributed by atoms with Crippen LogP contribution in [-0.2, 0) is 6.54 Å². The third kappa shape index (κ3) is 2.67. The van der Waals surface area contributed by atoms with Crippen molar-refractivity contribution in [2.75, 3.05) is 14.1 Å². The highest BCUT2D eigenvalue weighted by Crippen LogP contribution is 2.25. The lowest BCUT2D eigenvalue weighted by Gasteiger charge is -2.11. The standard InChI is InChI=1S/C17H20N4/c1-12-5-8-14(9-6-12)17-15(11-20(3)4)21-16(18-17)10-7-13(2)19-21/h5-10H,11H2,1-4H3. The highest BCUT2D eigenvalue weighted by Gasteiger charge is 2.15. The average Bonchev–Trinajstić information content (AvgIpc) is 2.77. The first-order chi connectivity index (χ1) is 10.0. The van der Waals surface area contributed by atoms with Crippen molar-refractivity contribution in [3.8, 4) is 11.3 Å². The van der Waals surface area contributed by atoms with Crippen LogP contribution in [0.15, 0.2) is 36.4 Å². The summed E-state index contributed by atoms with van der Waals surface area (Å²) >= 11 is 0. The second kappa shape index (κ2) is 5.30. The maximum absolute atomic E-state index is 4.78. The van der Waals surface area contributed by atoms with Crippen LogP contribution < -0.4 is 0 Å². The predicted molar refractivity (Wildman–Crippen MR) is 85.3 cm³/mol. The van der Waals surface area contributed by atoms with Crippen molar-refractivity contribution in [2.45, 2.75) is 20.4 Å². The van der Waals surface area contributed by atoms with Gasteiger partial charge in [-0.25, -0.2) is 9.50 Å². The topological polar surface area (TPSA) is 33.4 Å². The maximum Gasteiger partial charge on any atom is 0.154 e. The summed E-state index contributed by atoms with van der Waals surface area (Å²) in [5.41, 5.74) is 6.43. The number of nitrogens with zero attached hydrogens (tertiary/aromatic N) is 4. The Kier molecular flexibility index (Phi) is 3.47. The van der Waals surface area contributed by atoms with Crippen molar-refractivity contribution in [1.29, 1.82) is 0 Å². The van der Waals surface area contributed by atoms with Crippen molar-refractivity contribution in [3.05, 3.63) is 53.3 Å². The summed E-state index contributed by atoms with van der Waals surface area (Å²) < 4.78 is 1.96. The van der Waals surface area contributed by atoms with Gasteiger partial charge in [0, 0.05) is 12.1 Å². The molecule has 0 amide bonds. The SMILES string of the molecule is Cc1ccc(-c2nc3ccc(C)nn3c2CN(C)C)cc1. The van der Waals surface area contributed by atoms with Crippen molar-refractivity contribution in [1.82, 2.24) is 19.5 Å². The summed E-state index contributed by atoms with van der Waals surface area (Å²) in [4.78, 5) is 6.92. The van der Waals surface area contributed by atoms with E-state index >= 15 is 0 Å². The molecule has 0 bridgehead atoms. The summed E-state index contributed by atoms with van der Waals surface area (Å²) in [5.74, 6) is 0. The fourth-order valence-electron chi connectivity index (χ4n) is 2.45. The summed E-state index contributed by atoms with van der Waals surface area (Å²) in [6, 6.07) is 12.5. The van der Waals surface area contributed by atoms with Crippen molar-refractivity contribution >= 4 is 5.65 Å². The summed E-state index contributed by atoms with van der Waals surface area (Å²) in [6.07, 6.45) is 0. The minimum absolute atomic E-state index is 0.806. The van der Waals surface area contributed by atoms with Crippen molar-refractivity contribution in [3.63, 3.8) is 0 Å². The molecule has 0 fully saturated rings. The van der Waals surface area contributed by atoms with Gasteiger partial charge >= 0.3 is 0 Å². The van der Waals surface area contributed by atoms with Gasteiger partial charge in [-0.15, -0.1) is 0 Å². The van der Waals surface area contributed by atoms with Crippen LogP contribution in [0.2, 0.25) is 0 Å². The van der Waals surface area contributed by atoms with E-state index in [1.165, 1.54) is 5.56 Å². The highest BCUT2D eigenvalue weighted by atomic mass is 15.3. The fraction of sp³-hybridized carbons (Fsp3) is 0.294. The zero-order valence-corrected chi connectivity index (χ0v) is 13.0. The molecule has 0 aliphatic carbocycles. The predicted octanol–water partition coefficient (Wildman–Crippen LogP) is 3.07. The summed E-state index contributed by atoms with van der Waals surface area (Å²) in [7, 11) is 4.13. The molecule has 0 atom stereocenters. The van der Waals surface area contributed by atoms with E-state index in [1.54, 1.807) is 0 Å². The van der Waals surface area contributed by atoms with Crippen LogP contribution in [-0.4, -0.2) is 33.6 Å². The molecular weight excluding hydrogens is 260 g/mol. The number of rotatable bonds is 3. The molecule has 2 heterocycles. The Balaban J connectivity index is 2.22. The molecule has 21 heavy (non-hydrogen) atoms. The Morgan fingerprint density at radius 1 is 1.00 bits per heavy atom. The number of fused-ring (bicyclic) bond motifs is 1. The lowest BCUT2D eigenvalue weighted by atomic mass is 10.1. The van der Waals surface area contributed by atoms with Crippen LogP contribution in [0.1, 0.15) is 17.0 Å². The Bertz CT molecular complexity index is 769. The van der Waals surface area contributed by atoms with Gasteiger partial charge in [0.25, 0.3) is 0 Å². The van der Waals surface area contributed by atoms with E-state index in [4.69, 9.17) is 4.98 Å². The van der Waals surface area contributed by atoms with Gasteiger partial charge in [0.15, 0.2) is 5.65 Å². The van der Waals surface area contributed by atoms with Crippen LogP contribution in [0.3, 0.4) is 0 Å². The Morgan fingerprint density at radius 2 is 1.71 bits per heavy atom. The lowest BCUT2D eigenvalue weighted by Crippen LogP contribution is -2.14. The Hall–Kier alpha value is -2.20. The maximum atomic E-state index is 4.78. The van der Waals surface area contributed by atoms with Gasteiger partial charge < -0.3 is 4.90 Å². The van der Waals surface area contributed by atoms with E-state index in [9.17, 15) is 0 Å². The minimum Gasteiger partial charge on any atom is -0.303 e. The van der Waals surface area contributed by atoms with Gasteiger partial charge in [-0.2, -0.15) is 5.10 Å². The molecule has 0 saturated carbocycles. The molecule has 4 heteroatoms. The van der Waals surface area contributed by atoms with E-state index < -0.39 is 0 Å². The second-order valence-electron chi connectivity index (χ2n) is 5.76. The number of aromatic nitrogens is 3. The molecular formula is C17H20N4.